The van der Waals surface area contributed by atoms with E-state index in [-0.39, 0.29) is 6.61 Å². The molecular formula is C10H13BrO2. The monoisotopic (exact) mass is 244 g/mol. The van der Waals surface area contributed by atoms with E-state index in [1.807, 2.05) is 24.3 Å². The molecule has 2 N–H and O–H groups in total. The fourth-order valence-electron chi connectivity index (χ4n) is 1.19. The Bertz CT molecular complexity index is 263. The molecule has 0 fully saturated rings. The van der Waals surface area contributed by atoms with Gasteiger partial charge >= 0.3 is 0 Å². The van der Waals surface area contributed by atoms with Gasteiger partial charge in [0.05, 0.1) is 6.10 Å². The van der Waals surface area contributed by atoms with Crippen LogP contribution in [0.4, 0.5) is 0 Å². The molecule has 0 saturated carbocycles. The van der Waals surface area contributed by atoms with Crippen molar-refractivity contribution < 1.29 is 10.2 Å². The molecule has 0 bridgehead atoms. The van der Waals surface area contributed by atoms with Crippen molar-refractivity contribution in [1.29, 1.82) is 0 Å². The van der Waals surface area contributed by atoms with E-state index in [1.54, 1.807) is 0 Å². The lowest BCUT2D eigenvalue weighted by atomic mass is 10.1. The number of hydrogen-bond acceptors (Lipinski definition) is 2. The third-order valence-corrected chi connectivity index (χ3v) is 2.62. The van der Waals surface area contributed by atoms with Crippen LogP contribution in [0.3, 0.4) is 0 Å². The molecule has 1 aromatic rings. The summed E-state index contributed by atoms with van der Waals surface area (Å²) >= 11 is 3.37. The predicted octanol–water partition coefficient (Wildman–Crippen LogP) is 2.25. The molecule has 0 saturated heterocycles. The Morgan fingerprint density at radius 2 is 2.00 bits per heavy atom. The van der Waals surface area contributed by atoms with Gasteiger partial charge in [-0.1, -0.05) is 34.1 Å². The minimum absolute atomic E-state index is 0.127. The molecule has 1 aromatic carbocycles. The van der Waals surface area contributed by atoms with Crippen LogP contribution in [0.2, 0.25) is 0 Å². The average Bonchev–Trinajstić information content (AvgIpc) is 2.15. The topological polar surface area (TPSA) is 40.5 Å². The van der Waals surface area contributed by atoms with Gasteiger partial charge in [-0.15, -0.1) is 0 Å². The van der Waals surface area contributed by atoms with Crippen LogP contribution in [-0.4, -0.2) is 16.8 Å². The summed E-state index contributed by atoms with van der Waals surface area (Å²) in [5.74, 6) is 0. The summed E-state index contributed by atoms with van der Waals surface area (Å²) in [6, 6.07) is 7.58. The molecule has 72 valence electrons. The van der Waals surface area contributed by atoms with E-state index < -0.39 is 6.10 Å². The van der Waals surface area contributed by atoms with Crippen LogP contribution in [0, 0.1) is 0 Å². The van der Waals surface area contributed by atoms with Crippen LogP contribution >= 0.6 is 15.9 Å². The highest BCUT2D eigenvalue weighted by Crippen LogP contribution is 2.25. The first kappa shape index (κ1) is 10.7. The lowest BCUT2D eigenvalue weighted by molar-refractivity contribution is 0.151. The summed E-state index contributed by atoms with van der Waals surface area (Å²) in [4.78, 5) is 0. The zero-order chi connectivity index (χ0) is 9.68. The van der Waals surface area contributed by atoms with Crippen molar-refractivity contribution in [3.8, 4) is 0 Å². The first-order valence-electron chi connectivity index (χ1n) is 4.29. The minimum atomic E-state index is -0.484. The smallest absolute Gasteiger partial charge is 0.0801 e. The van der Waals surface area contributed by atoms with Crippen LogP contribution < -0.4 is 0 Å². The second kappa shape index (κ2) is 5.37. The average molecular weight is 245 g/mol. The van der Waals surface area contributed by atoms with Crippen molar-refractivity contribution in [2.75, 3.05) is 6.61 Å². The van der Waals surface area contributed by atoms with E-state index in [0.29, 0.717) is 12.8 Å². The fraction of sp³-hybridized carbons (Fsp3) is 0.400. The van der Waals surface area contributed by atoms with Gasteiger partial charge in [0, 0.05) is 11.1 Å². The molecule has 0 aliphatic heterocycles. The maximum atomic E-state index is 9.69. The van der Waals surface area contributed by atoms with Crippen molar-refractivity contribution in [3.63, 3.8) is 0 Å². The number of benzene rings is 1. The molecule has 3 heteroatoms. The van der Waals surface area contributed by atoms with Crippen molar-refractivity contribution in [1.82, 2.24) is 0 Å². The van der Waals surface area contributed by atoms with Gasteiger partial charge in [0.15, 0.2) is 0 Å². The Morgan fingerprint density at radius 3 is 2.62 bits per heavy atom. The molecule has 1 rings (SSSR count). The number of aliphatic hydroxyl groups excluding tert-OH is 2. The molecule has 0 aliphatic carbocycles. The first-order chi connectivity index (χ1) is 6.25. The standard InChI is InChI=1S/C10H13BrO2/c11-9-5-2-1-4-8(9)10(13)6-3-7-12/h1-2,4-5,10,12-13H,3,6-7H2. The summed E-state index contributed by atoms with van der Waals surface area (Å²) in [5, 5.41) is 18.3. The molecular weight excluding hydrogens is 232 g/mol. The number of rotatable bonds is 4. The van der Waals surface area contributed by atoms with E-state index in [0.717, 1.165) is 10.0 Å². The lowest BCUT2D eigenvalue weighted by Gasteiger charge is -2.11. The molecule has 1 unspecified atom stereocenters. The molecule has 2 nitrogen and oxygen atoms in total. The highest BCUT2D eigenvalue weighted by atomic mass is 79.9. The molecule has 1 atom stereocenters. The van der Waals surface area contributed by atoms with Gasteiger partial charge in [-0.25, -0.2) is 0 Å². The summed E-state index contributed by atoms with van der Waals surface area (Å²) < 4.78 is 0.917. The Morgan fingerprint density at radius 1 is 1.31 bits per heavy atom. The maximum Gasteiger partial charge on any atom is 0.0801 e. The van der Waals surface area contributed by atoms with Gasteiger partial charge in [-0.05, 0) is 24.5 Å². The van der Waals surface area contributed by atoms with Crippen molar-refractivity contribution in [3.05, 3.63) is 34.3 Å². The summed E-state index contributed by atoms with van der Waals surface area (Å²) in [7, 11) is 0. The lowest BCUT2D eigenvalue weighted by Crippen LogP contribution is -1.99. The summed E-state index contributed by atoms with van der Waals surface area (Å²) in [6.07, 6.45) is 0.740. The molecule has 0 heterocycles. The third kappa shape index (κ3) is 3.10. The molecule has 0 spiro atoms. The first-order valence-corrected chi connectivity index (χ1v) is 5.08. The van der Waals surface area contributed by atoms with Gasteiger partial charge in [0.25, 0.3) is 0 Å². The number of aliphatic hydroxyl groups is 2. The Balaban J connectivity index is 2.65. The van der Waals surface area contributed by atoms with Gasteiger partial charge in [0.2, 0.25) is 0 Å². The zero-order valence-corrected chi connectivity index (χ0v) is 8.87. The third-order valence-electron chi connectivity index (χ3n) is 1.90. The number of hydrogen-bond donors (Lipinski definition) is 2. The normalized spacial score (nSPS) is 12.8. The van der Waals surface area contributed by atoms with E-state index in [1.165, 1.54) is 0 Å². The van der Waals surface area contributed by atoms with E-state index >= 15 is 0 Å². The van der Waals surface area contributed by atoms with Crippen molar-refractivity contribution in [2.24, 2.45) is 0 Å². The van der Waals surface area contributed by atoms with E-state index in [2.05, 4.69) is 15.9 Å². The Kier molecular flexibility index (Phi) is 4.42. The van der Waals surface area contributed by atoms with Crippen LogP contribution in [0.5, 0.6) is 0 Å². The highest BCUT2D eigenvalue weighted by Gasteiger charge is 2.09. The van der Waals surface area contributed by atoms with Crippen molar-refractivity contribution >= 4 is 15.9 Å². The summed E-state index contributed by atoms with van der Waals surface area (Å²) in [5.41, 5.74) is 0.885. The van der Waals surface area contributed by atoms with E-state index in [9.17, 15) is 5.11 Å². The van der Waals surface area contributed by atoms with Gasteiger partial charge < -0.3 is 10.2 Å². The molecule has 13 heavy (non-hydrogen) atoms. The van der Waals surface area contributed by atoms with Gasteiger partial charge in [-0.3, -0.25) is 0 Å². The number of halogens is 1. The largest absolute Gasteiger partial charge is 0.396 e. The second-order valence-electron chi connectivity index (χ2n) is 2.90. The molecule has 0 aromatic heterocycles. The van der Waals surface area contributed by atoms with Crippen LogP contribution in [-0.2, 0) is 0 Å². The molecule has 0 radical (unpaired) electrons. The van der Waals surface area contributed by atoms with Gasteiger partial charge in [-0.2, -0.15) is 0 Å². The van der Waals surface area contributed by atoms with E-state index in [4.69, 9.17) is 5.11 Å². The molecule has 0 amide bonds. The Hall–Kier alpha value is -0.380. The second-order valence-corrected chi connectivity index (χ2v) is 3.76. The highest BCUT2D eigenvalue weighted by molar-refractivity contribution is 9.10. The SMILES string of the molecule is OCCCC(O)c1ccccc1Br. The minimum Gasteiger partial charge on any atom is -0.396 e. The Labute approximate surface area is 86.3 Å². The summed E-state index contributed by atoms with van der Waals surface area (Å²) in [6.45, 7) is 0.127. The molecule has 0 aliphatic rings. The fourth-order valence-corrected chi connectivity index (χ4v) is 1.73. The maximum absolute atomic E-state index is 9.69. The zero-order valence-electron chi connectivity index (χ0n) is 7.28. The van der Waals surface area contributed by atoms with Crippen LogP contribution in [0.15, 0.2) is 28.7 Å². The van der Waals surface area contributed by atoms with Crippen LogP contribution in [0.1, 0.15) is 24.5 Å². The van der Waals surface area contributed by atoms with Crippen LogP contribution in [0.25, 0.3) is 0 Å². The predicted molar refractivity (Wildman–Crippen MR) is 55.4 cm³/mol. The van der Waals surface area contributed by atoms with Gasteiger partial charge in [0.1, 0.15) is 0 Å². The van der Waals surface area contributed by atoms with Crippen molar-refractivity contribution in [2.45, 2.75) is 18.9 Å². The quantitative estimate of drug-likeness (QED) is 0.854.